The highest BCUT2D eigenvalue weighted by atomic mass is 16.2. The van der Waals surface area contributed by atoms with Crippen molar-refractivity contribution in [2.45, 2.75) is 51.5 Å². The number of nitrogens with two attached hydrogens (primary N) is 1. The molecule has 5 nitrogen and oxygen atoms in total. The molecule has 0 bridgehead atoms. The summed E-state index contributed by atoms with van der Waals surface area (Å²) >= 11 is 0. The van der Waals surface area contributed by atoms with E-state index in [1.165, 1.54) is 5.56 Å². The van der Waals surface area contributed by atoms with Gasteiger partial charge in [0, 0.05) is 31.7 Å². The van der Waals surface area contributed by atoms with E-state index >= 15 is 0 Å². The standard InChI is InChI=1S/C21H31N3O2/c1-16-6-8-17(9-7-16)15-19(25)23-11-13-24(14-12-23)20(26)18-5-3-4-10-21(18,2)22/h6-9,18H,3-5,10-15,22H2,1-2H3. The first kappa shape index (κ1) is 18.9. The van der Waals surface area contributed by atoms with Crippen molar-refractivity contribution < 1.29 is 9.59 Å². The predicted molar refractivity (Wildman–Crippen MR) is 103 cm³/mol. The summed E-state index contributed by atoms with van der Waals surface area (Å²) in [6.45, 7) is 6.52. The molecule has 2 aliphatic rings. The van der Waals surface area contributed by atoms with Crippen LogP contribution in [0, 0.1) is 12.8 Å². The van der Waals surface area contributed by atoms with E-state index in [1.807, 2.05) is 47.9 Å². The van der Waals surface area contributed by atoms with Crippen LogP contribution in [0.2, 0.25) is 0 Å². The number of hydrogen-bond acceptors (Lipinski definition) is 3. The lowest BCUT2D eigenvalue weighted by atomic mass is 9.74. The van der Waals surface area contributed by atoms with Crippen LogP contribution in [-0.4, -0.2) is 53.3 Å². The second-order valence-electron chi connectivity index (χ2n) is 8.17. The lowest BCUT2D eigenvalue weighted by molar-refractivity contribution is -0.144. The predicted octanol–water partition coefficient (Wildman–Crippen LogP) is 2.12. The van der Waals surface area contributed by atoms with Crippen LogP contribution < -0.4 is 5.73 Å². The van der Waals surface area contributed by atoms with Gasteiger partial charge in [0.2, 0.25) is 11.8 Å². The number of amides is 2. The molecule has 1 aromatic rings. The molecule has 0 spiro atoms. The van der Waals surface area contributed by atoms with E-state index < -0.39 is 5.54 Å². The zero-order valence-corrected chi connectivity index (χ0v) is 16.0. The Labute approximate surface area is 156 Å². The van der Waals surface area contributed by atoms with Gasteiger partial charge >= 0.3 is 0 Å². The van der Waals surface area contributed by atoms with Crippen LogP contribution in [-0.2, 0) is 16.0 Å². The first-order valence-corrected chi connectivity index (χ1v) is 9.78. The number of carbonyl (C=O) groups is 2. The van der Waals surface area contributed by atoms with E-state index in [0.717, 1.165) is 31.2 Å². The van der Waals surface area contributed by atoms with Gasteiger partial charge < -0.3 is 15.5 Å². The SMILES string of the molecule is Cc1ccc(CC(=O)N2CCN(C(=O)C3CCCCC3(C)N)CC2)cc1. The Morgan fingerprint density at radius 1 is 1.08 bits per heavy atom. The van der Waals surface area contributed by atoms with Crippen molar-refractivity contribution in [2.75, 3.05) is 26.2 Å². The number of piperazine rings is 1. The Bertz CT molecular complexity index is 646. The maximum absolute atomic E-state index is 12.9. The van der Waals surface area contributed by atoms with Crippen molar-refractivity contribution in [3.63, 3.8) is 0 Å². The van der Waals surface area contributed by atoms with Crippen molar-refractivity contribution >= 4 is 11.8 Å². The molecule has 2 atom stereocenters. The quantitative estimate of drug-likeness (QED) is 0.901. The van der Waals surface area contributed by atoms with Crippen LogP contribution in [0.25, 0.3) is 0 Å². The second-order valence-corrected chi connectivity index (χ2v) is 8.17. The summed E-state index contributed by atoms with van der Waals surface area (Å²) in [5, 5.41) is 0. The fourth-order valence-electron chi connectivity index (χ4n) is 4.15. The fraction of sp³-hybridized carbons (Fsp3) is 0.619. The van der Waals surface area contributed by atoms with Gasteiger partial charge in [-0.1, -0.05) is 42.7 Å². The summed E-state index contributed by atoms with van der Waals surface area (Å²) in [5.41, 5.74) is 8.23. The number of nitrogens with zero attached hydrogens (tertiary/aromatic N) is 2. The highest BCUT2D eigenvalue weighted by Crippen LogP contribution is 2.33. The Morgan fingerprint density at radius 2 is 1.69 bits per heavy atom. The molecule has 2 fully saturated rings. The molecule has 1 heterocycles. The maximum atomic E-state index is 12.9. The van der Waals surface area contributed by atoms with Crippen molar-refractivity contribution in [2.24, 2.45) is 11.7 Å². The number of aryl methyl sites for hydroxylation is 1. The molecule has 0 radical (unpaired) electrons. The Balaban J connectivity index is 1.52. The van der Waals surface area contributed by atoms with Crippen molar-refractivity contribution in [1.82, 2.24) is 9.80 Å². The molecule has 5 heteroatoms. The van der Waals surface area contributed by atoms with Crippen LogP contribution in [0.1, 0.15) is 43.7 Å². The summed E-state index contributed by atoms with van der Waals surface area (Å²) in [6, 6.07) is 8.09. The molecule has 1 aromatic carbocycles. The van der Waals surface area contributed by atoms with Gasteiger partial charge in [0.15, 0.2) is 0 Å². The monoisotopic (exact) mass is 357 g/mol. The molecule has 26 heavy (non-hydrogen) atoms. The molecule has 1 saturated carbocycles. The van der Waals surface area contributed by atoms with E-state index in [-0.39, 0.29) is 17.7 Å². The Morgan fingerprint density at radius 3 is 2.31 bits per heavy atom. The summed E-state index contributed by atoms with van der Waals surface area (Å²) < 4.78 is 0. The van der Waals surface area contributed by atoms with E-state index in [0.29, 0.717) is 32.6 Å². The molecule has 2 amide bonds. The topological polar surface area (TPSA) is 66.6 Å². The molecular formula is C21H31N3O2. The van der Waals surface area contributed by atoms with Crippen LogP contribution in [0.5, 0.6) is 0 Å². The van der Waals surface area contributed by atoms with Crippen molar-refractivity contribution in [1.29, 1.82) is 0 Å². The molecule has 1 aliphatic heterocycles. The minimum Gasteiger partial charge on any atom is -0.339 e. The number of carbonyl (C=O) groups excluding carboxylic acids is 2. The molecule has 2 N–H and O–H groups in total. The van der Waals surface area contributed by atoms with E-state index in [1.54, 1.807) is 0 Å². The fourth-order valence-corrected chi connectivity index (χ4v) is 4.15. The van der Waals surface area contributed by atoms with Crippen molar-refractivity contribution in [3.8, 4) is 0 Å². The third kappa shape index (κ3) is 4.26. The van der Waals surface area contributed by atoms with Crippen LogP contribution in [0.4, 0.5) is 0 Å². The molecule has 1 aliphatic carbocycles. The zero-order chi connectivity index (χ0) is 18.7. The van der Waals surface area contributed by atoms with Crippen LogP contribution in [0.15, 0.2) is 24.3 Å². The van der Waals surface area contributed by atoms with Crippen LogP contribution >= 0.6 is 0 Å². The van der Waals surface area contributed by atoms with Gasteiger partial charge in [-0.3, -0.25) is 9.59 Å². The van der Waals surface area contributed by atoms with Gasteiger partial charge in [-0.25, -0.2) is 0 Å². The average Bonchev–Trinajstić information content (AvgIpc) is 2.63. The molecular weight excluding hydrogens is 326 g/mol. The van der Waals surface area contributed by atoms with E-state index in [9.17, 15) is 9.59 Å². The normalized spacial score (nSPS) is 26.7. The maximum Gasteiger partial charge on any atom is 0.227 e. The molecule has 3 rings (SSSR count). The molecule has 2 unspecified atom stereocenters. The van der Waals surface area contributed by atoms with Gasteiger partial charge in [-0.2, -0.15) is 0 Å². The summed E-state index contributed by atoms with van der Waals surface area (Å²) in [5.74, 6) is 0.244. The summed E-state index contributed by atoms with van der Waals surface area (Å²) in [6.07, 6.45) is 4.42. The Kier molecular flexibility index (Phi) is 5.66. The number of benzene rings is 1. The minimum atomic E-state index is -0.395. The lowest BCUT2D eigenvalue weighted by Crippen LogP contribution is -2.57. The van der Waals surface area contributed by atoms with Gasteiger partial charge in [0.1, 0.15) is 0 Å². The van der Waals surface area contributed by atoms with Crippen LogP contribution in [0.3, 0.4) is 0 Å². The van der Waals surface area contributed by atoms with Gasteiger partial charge in [-0.05, 0) is 32.3 Å². The van der Waals surface area contributed by atoms with Gasteiger partial charge in [0.25, 0.3) is 0 Å². The number of hydrogen-bond donors (Lipinski definition) is 1. The molecule has 142 valence electrons. The van der Waals surface area contributed by atoms with E-state index in [4.69, 9.17) is 5.73 Å². The Hall–Kier alpha value is -1.88. The summed E-state index contributed by atoms with van der Waals surface area (Å²) in [4.78, 5) is 29.2. The second kappa shape index (κ2) is 7.78. The zero-order valence-electron chi connectivity index (χ0n) is 16.0. The molecule has 1 saturated heterocycles. The van der Waals surface area contributed by atoms with Gasteiger partial charge in [0.05, 0.1) is 12.3 Å². The summed E-state index contributed by atoms with van der Waals surface area (Å²) in [7, 11) is 0. The minimum absolute atomic E-state index is 0.0777. The smallest absolute Gasteiger partial charge is 0.227 e. The molecule has 0 aromatic heterocycles. The third-order valence-electron chi connectivity index (χ3n) is 5.97. The lowest BCUT2D eigenvalue weighted by Gasteiger charge is -2.42. The first-order chi connectivity index (χ1) is 12.4. The van der Waals surface area contributed by atoms with E-state index in [2.05, 4.69) is 0 Å². The van der Waals surface area contributed by atoms with Crippen molar-refractivity contribution in [3.05, 3.63) is 35.4 Å². The number of rotatable bonds is 3. The highest BCUT2D eigenvalue weighted by molar-refractivity contribution is 5.82. The third-order valence-corrected chi connectivity index (χ3v) is 5.97. The largest absolute Gasteiger partial charge is 0.339 e. The first-order valence-electron chi connectivity index (χ1n) is 9.78. The van der Waals surface area contributed by atoms with Gasteiger partial charge in [-0.15, -0.1) is 0 Å². The highest BCUT2D eigenvalue weighted by Gasteiger charge is 2.40. The average molecular weight is 357 g/mol.